The molecule has 2 N–H and O–H groups in total. The van der Waals surface area contributed by atoms with Crippen LogP contribution >= 0.6 is 0 Å². The smallest absolute Gasteiger partial charge is 0.230 e. The lowest BCUT2D eigenvalue weighted by Gasteiger charge is -2.39. The fourth-order valence-electron chi connectivity index (χ4n) is 5.38. The van der Waals surface area contributed by atoms with Crippen LogP contribution in [-0.4, -0.2) is 24.0 Å². The van der Waals surface area contributed by atoms with Crippen LogP contribution in [-0.2, 0) is 10.2 Å². The van der Waals surface area contributed by atoms with Gasteiger partial charge in [0.15, 0.2) is 0 Å². The molecule has 3 nitrogen and oxygen atoms in total. The molecule has 1 aliphatic carbocycles. The number of hydrogen-bond acceptors (Lipinski definition) is 2. The van der Waals surface area contributed by atoms with Crippen molar-refractivity contribution in [1.29, 1.82) is 0 Å². The maximum atomic E-state index is 13.4. The number of carbonyl (C=O) groups excluding carboxylic acids is 1. The average molecular weight is 326 g/mol. The summed E-state index contributed by atoms with van der Waals surface area (Å²) in [5.74, 6) is 0.294. The predicted molar refractivity (Wildman–Crippen MR) is 97.1 cm³/mol. The number of rotatable bonds is 3. The molecule has 3 heteroatoms. The fourth-order valence-corrected chi connectivity index (χ4v) is 5.38. The van der Waals surface area contributed by atoms with Crippen molar-refractivity contribution in [2.75, 3.05) is 0 Å². The van der Waals surface area contributed by atoms with E-state index in [2.05, 4.69) is 41.8 Å². The van der Waals surface area contributed by atoms with Gasteiger partial charge in [0.1, 0.15) is 0 Å². The van der Waals surface area contributed by atoms with Gasteiger partial charge in [-0.25, -0.2) is 0 Å². The third-order valence-corrected chi connectivity index (χ3v) is 6.61. The molecule has 1 aromatic rings. The Morgan fingerprint density at radius 1 is 1.08 bits per heavy atom. The van der Waals surface area contributed by atoms with E-state index < -0.39 is 0 Å². The van der Waals surface area contributed by atoms with E-state index in [-0.39, 0.29) is 5.41 Å². The zero-order chi connectivity index (χ0) is 16.6. The summed E-state index contributed by atoms with van der Waals surface area (Å²) in [5.41, 5.74) is 2.23. The van der Waals surface area contributed by atoms with Crippen molar-refractivity contribution in [3.8, 4) is 0 Å². The molecule has 1 amide bonds. The molecular formula is C21H30N2O. The summed E-state index contributed by atoms with van der Waals surface area (Å²) in [4.78, 5) is 13.4. The lowest BCUT2D eigenvalue weighted by molar-refractivity contribution is -0.129. The van der Waals surface area contributed by atoms with E-state index in [4.69, 9.17) is 0 Å². The Bertz CT molecular complexity index is 594. The molecule has 4 rings (SSSR count). The van der Waals surface area contributed by atoms with E-state index >= 15 is 0 Å². The van der Waals surface area contributed by atoms with Crippen LogP contribution in [0.1, 0.15) is 68.9 Å². The Hall–Kier alpha value is -1.35. The van der Waals surface area contributed by atoms with Crippen LogP contribution in [0.3, 0.4) is 0 Å². The highest BCUT2D eigenvalue weighted by molar-refractivity contribution is 5.89. The highest BCUT2D eigenvalue weighted by Crippen LogP contribution is 2.41. The van der Waals surface area contributed by atoms with Crippen LogP contribution in [0.25, 0.3) is 0 Å². The molecule has 2 aliphatic heterocycles. The van der Waals surface area contributed by atoms with Gasteiger partial charge >= 0.3 is 0 Å². The Kier molecular flexibility index (Phi) is 4.38. The number of nitrogens with one attached hydrogen (secondary N) is 2. The molecule has 0 spiro atoms. The summed E-state index contributed by atoms with van der Waals surface area (Å²) in [5, 5.41) is 7.15. The first-order valence-electron chi connectivity index (χ1n) is 9.80. The predicted octanol–water partition coefficient (Wildman–Crippen LogP) is 3.60. The second-order valence-corrected chi connectivity index (χ2v) is 8.24. The first-order chi connectivity index (χ1) is 11.7. The van der Waals surface area contributed by atoms with E-state index in [1.54, 1.807) is 0 Å². The van der Waals surface area contributed by atoms with E-state index in [0.717, 1.165) is 25.7 Å². The van der Waals surface area contributed by atoms with Crippen LogP contribution in [0.4, 0.5) is 0 Å². The molecule has 3 fully saturated rings. The van der Waals surface area contributed by atoms with Gasteiger partial charge in [0.05, 0.1) is 5.41 Å². The molecule has 2 unspecified atom stereocenters. The van der Waals surface area contributed by atoms with Crippen molar-refractivity contribution in [2.45, 2.75) is 88.3 Å². The van der Waals surface area contributed by atoms with Crippen LogP contribution in [0.5, 0.6) is 0 Å². The lowest BCUT2D eigenvalue weighted by atomic mass is 9.67. The SMILES string of the molecule is Cc1ccccc1C1(C(=O)NC2CC3CCC(C2)N3)CCCCC1. The van der Waals surface area contributed by atoms with Gasteiger partial charge in [0.25, 0.3) is 0 Å². The number of benzene rings is 1. The van der Waals surface area contributed by atoms with E-state index in [9.17, 15) is 4.79 Å². The number of fused-ring (bicyclic) bond motifs is 2. The van der Waals surface area contributed by atoms with Crippen LogP contribution < -0.4 is 10.6 Å². The van der Waals surface area contributed by atoms with Gasteiger partial charge in [0, 0.05) is 18.1 Å². The Balaban J connectivity index is 1.57. The van der Waals surface area contributed by atoms with Gasteiger partial charge in [0.2, 0.25) is 5.91 Å². The molecule has 24 heavy (non-hydrogen) atoms. The molecule has 0 radical (unpaired) electrons. The van der Waals surface area contributed by atoms with Crippen LogP contribution in [0.2, 0.25) is 0 Å². The first kappa shape index (κ1) is 16.1. The topological polar surface area (TPSA) is 41.1 Å². The Labute approximate surface area is 145 Å². The highest BCUT2D eigenvalue weighted by atomic mass is 16.2. The van der Waals surface area contributed by atoms with Crippen molar-refractivity contribution in [2.24, 2.45) is 0 Å². The number of piperidine rings is 1. The molecule has 0 aromatic heterocycles. The summed E-state index contributed by atoms with van der Waals surface area (Å²) < 4.78 is 0. The summed E-state index contributed by atoms with van der Waals surface area (Å²) in [7, 11) is 0. The van der Waals surface area contributed by atoms with Gasteiger partial charge in [-0.2, -0.15) is 0 Å². The zero-order valence-electron chi connectivity index (χ0n) is 14.8. The summed E-state index contributed by atoms with van der Waals surface area (Å²) in [6, 6.07) is 10.1. The third-order valence-electron chi connectivity index (χ3n) is 6.61. The van der Waals surface area contributed by atoms with Crippen molar-refractivity contribution in [1.82, 2.24) is 10.6 Å². The van der Waals surface area contributed by atoms with Gasteiger partial charge < -0.3 is 10.6 Å². The minimum atomic E-state index is -0.298. The van der Waals surface area contributed by atoms with Gasteiger partial charge in [-0.05, 0) is 56.6 Å². The third kappa shape index (κ3) is 2.88. The number of hydrogen-bond donors (Lipinski definition) is 2. The summed E-state index contributed by atoms with van der Waals surface area (Å²) in [6.07, 6.45) is 10.4. The van der Waals surface area contributed by atoms with E-state index in [1.165, 1.54) is 43.2 Å². The quantitative estimate of drug-likeness (QED) is 0.891. The Morgan fingerprint density at radius 2 is 1.75 bits per heavy atom. The molecule has 2 bridgehead atoms. The maximum absolute atomic E-state index is 13.4. The molecule has 3 aliphatic rings. The highest BCUT2D eigenvalue weighted by Gasteiger charge is 2.43. The van der Waals surface area contributed by atoms with Gasteiger partial charge in [-0.3, -0.25) is 4.79 Å². The second-order valence-electron chi connectivity index (χ2n) is 8.24. The maximum Gasteiger partial charge on any atom is 0.230 e. The number of amides is 1. The summed E-state index contributed by atoms with van der Waals surface area (Å²) in [6.45, 7) is 2.16. The molecular weight excluding hydrogens is 296 g/mol. The fraction of sp³-hybridized carbons (Fsp3) is 0.667. The molecule has 2 heterocycles. The molecule has 2 atom stereocenters. The molecule has 1 saturated carbocycles. The van der Waals surface area contributed by atoms with E-state index in [0.29, 0.717) is 24.0 Å². The van der Waals surface area contributed by atoms with Crippen molar-refractivity contribution in [3.63, 3.8) is 0 Å². The summed E-state index contributed by atoms with van der Waals surface area (Å²) >= 11 is 0. The van der Waals surface area contributed by atoms with Crippen molar-refractivity contribution < 1.29 is 4.79 Å². The number of aryl methyl sites for hydroxylation is 1. The van der Waals surface area contributed by atoms with Gasteiger partial charge in [-0.15, -0.1) is 0 Å². The minimum Gasteiger partial charge on any atom is -0.352 e. The number of carbonyl (C=O) groups is 1. The lowest BCUT2D eigenvalue weighted by Crippen LogP contribution is -2.53. The van der Waals surface area contributed by atoms with Crippen LogP contribution in [0.15, 0.2) is 24.3 Å². The largest absolute Gasteiger partial charge is 0.352 e. The molecule has 2 saturated heterocycles. The molecule has 1 aromatic carbocycles. The second kappa shape index (κ2) is 6.51. The van der Waals surface area contributed by atoms with Crippen molar-refractivity contribution >= 4 is 5.91 Å². The normalized spacial score (nSPS) is 31.6. The van der Waals surface area contributed by atoms with Crippen LogP contribution in [0, 0.1) is 6.92 Å². The van der Waals surface area contributed by atoms with Gasteiger partial charge in [-0.1, -0.05) is 43.5 Å². The average Bonchev–Trinajstić information content (AvgIpc) is 2.94. The molecule has 130 valence electrons. The Morgan fingerprint density at radius 3 is 2.42 bits per heavy atom. The zero-order valence-corrected chi connectivity index (χ0v) is 14.8. The monoisotopic (exact) mass is 326 g/mol. The minimum absolute atomic E-state index is 0.294. The van der Waals surface area contributed by atoms with E-state index in [1.807, 2.05) is 0 Å². The first-order valence-corrected chi connectivity index (χ1v) is 9.80. The van der Waals surface area contributed by atoms with Crippen molar-refractivity contribution in [3.05, 3.63) is 35.4 Å². The standard InChI is InChI=1S/C21H30N2O/c1-15-7-3-4-8-19(15)21(11-5-2-6-12-21)20(24)23-18-13-16-9-10-17(14-18)22-16/h3-4,7-8,16-18,22H,2,5-6,9-14H2,1H3,(H,23,24).